The molecule has 10 heteroatoms. The lowest BCUT2D eigenvalue weighted by Crippen LogP contribution is -2.37. The van der Waals surface area contributed by atoms with Gasteiger partial charge in [-0.05, 0) is 66.8 Å². The number of anilines is 1. The Bertz CT molecular complexity index is 1690. The van der Waals surface area contributed by atoms with Crippen molar-refractivity contribution in [1.29, 1.82) is 0 Å². The van der Waals surface area contributed by atoms with Crippen molar-refractivity contribution in [2.75, 3.05) is 29.5 Å². The van der Waals surface area contributed by atoms with Crippen molar-refractivity contribution in [2.24, 2.45) is 11.8 Å². The minimum atomic E-state index is -3.06. The summed E-state index contributed by atoms with van der Waals surface area (Å²) in [7, 11) is -3.06. The highest BCUT2D eigenvalue weighted by atomic mass is 32.2. The highest BCUT2D eigenvalue weighted by Crippen LogP contribution is 2.41. The number of rotatable bonds is 4. The van der Waals surface area contributed by atoms with Crippen LogP contribution in [-0.2, 0) is 9.84 Å². The van der Waals surface area contributed by atoms with Gasteiger partial charge in [0.2, 0.25) is 0 Å². The topological polar surface area (TPSA) is 106 Å². The van der Waals surface area contributed by atoms with Gasteiger partial charge in [-0.2, -0.15) is 9.97 Å². The van der Waals surface area contributed by atoms with Crippen LogP contribution in [-0.4, -0.2) is 59.2 Å². The molecular weight excluding hydrogens is 519 g/mol. The lowest BCUT2D eigenvalue weighted by molar-refractivity contribution is 0.174. The van der Waals surface area contributed by atoms with Crippen LogP contribution >= 0.6 is 0 Å². The quantitative estimate of drug-likeness (QED) is 0.385. The Morgan fingerprint density at radius 3 is 2.49 bits per heavy atom. The average molecular weight is 549 g/mol. The number of hydrogen-bond donors (Lipinski definition) is 1. The number of pyridine rings is 1. The van der Waals surface area contributed by atoms with E-state index < -0.39 is 15.7 Å². The number of nitrogens with zero attached hydrogens (tertiary/aromatic N) is 4. The first-order valence-corrected chi connectivity index (χ1v) is 15.4. The maximum Gasteiger partial charge on any atom is 0.319 e. The fourth-order valence-electron chi connectivity index (χ4n) is 6.51. The molecule has 3 fully saturated rings. The summed E-state index contributed by atoms with van der Waals surface area (Å²) >= 11 is 0. The lowest BCUT2D eigenvalue weighted by Gasteiger charge is -2.33. The minimum absolute atomic E-state index is 0.0217. The zero-order chi connectivity index (χ0) is 26.7. The fraction of sp³-hybridized carbons (Fsp3) is 0.414. The summed E-state index contributed by atoms with van der Waals surface area (Å²) in [6.07, 6.45) is 5.56. The predicted octanol–water partition coefficient (Wildman–Crippen LogP) is 4.88. The van der Waals surface area contributed by atoms with Gasteiger partial charge in [0.05, 0.1) is 16.9 Å². The van der Waals surface area contributed by atoms with Gasteiger partial charge in [-0.25, -0.2) is 12.8 Å². The van der Waals surface area contributed by atoms with Crippen LogP contribution in [0.25, 0.3) is 32.9 Å². The molecule has 8 nitrogen and oxygen atoms in total. The summed E-state index contributed by atoms with van der Waals surface area (Å²) in [6, 6.07) is 10.7. The zero-order valence-electron chi connectivity index (χ0n) is 21.4. The molecule has 2 unspecified atom stereocenters. The van der Waals surface area contributed by atoms with Crippen molar-refractivity contribution in [3.8, 4) is 23.0 Å². The number of fused-ring (bicyclic) bond motifs is 4. The first kappa shape index (κ1) is 24.5. The number of hydrogen-bond acceptors (Lipinski definition) is 8. The molecule has 1 saturated carbocycles. The number of piperidine rings is 1. The molecule has 0 amide bonds. The van der Waals surface area contributed by atoms with Crippen molar-refractivity contribution >= 4 is 37.3 Å². The van der Waals surface area contributed by atoms with Gasteiger partial charge < -0.3 is 14.7 Å². The van der Waals surface area contributed by atoms with Gasteiger partial charge in [-0.15, -0.1) is 0 Å². The number of halogens is 1. The first-order valence-electron chi connectivity index (χ1n) is 13.5. The van der Waals surface area contributed by atoms with Crippen molar-refractivity contribution < 1.29 is 22.7 Å². The van der Waals surface area contributed by atoms with E-state index >= 15 is 4.39 Å². The molecule has 2 atom stereocenters. The molecule has 2 saturated heterocycles. The molecule has 4 aromatic rings. The smallest absolute Gasteiger partial charge is 0.319 e. The van der Waals surface area contributed by atoms with Crippen molar-refractivity contribution in [3.63, 3.8) is 0 Å². The molecule has 1 N–H and O–H groups in total. The van der Waals surface area contributed by atoms with Crippen LogP contribution in [0.1, 0.15) is 32.1 Å². The summed E-state index contributed by atoms with van der Waals surface area (Å²) < 4.78 is 46.3. The number of benzene rings is 2. The third-order valence-corrected chi connectivity index (χ3v) is 10.1. The molecule has 2 aliphatic heterocycles. The standard InChI is InChI=1S/C29H29FN4O4S/c30-25-26(23-13-20(35)12-19-3-1-2-4-22(19)23)31-14-24-27(25)32-29(38-21-7-9-39(36,37)10-8-21)33-28(24)34-15-17-5-6-18(11-17)16-34/h1-4,12-14,17-18,21,35H,5-11,15-16H2. The molecular formula is C29H29FN4O4S. The first-order chi connectivity index (χ1) is 18.8. The zero-order valence-corrected chi connectivity index (χ0v) is 22.2. The molecule has 3 aliphatic rings. The van der Waals surface area contributed by atoms with Gasteiger partial charge >= 0.3 is 6.01 Å². The van der Waals surface area contributed by atoms with Crippen LogP contribution in [0.15, 0.2) is 42.6 Å². The summed E-state index contributed by atoms with van der Waals surface area (Å²) in [5, 5.41) is 12.4. The van der Waals surface area contributed by atoms with Gasteiger partial charge in [0.1, 0.15) is 28.9 Å². The molecule has 0 spiro atoms. The second-order valence-corrected chi connectivity index (χ2v) is 13.5. The van der Waals surface area contributed by atoms with Crippen LogP contribution in [0.2, 0.25) is 0 Å². The lowest BCUT2D eigenvalue weighted by atomic mass is 9.98. The van der Waals surface area contributed by atoms with Crippen molar-refractivity contribution in [2.45, 2.75) is 38.2 Å². The number of phenols is 1. The molecule has 1 aliphatic carbocycles. The van der Waals surface area contributed by atoms with Crippen molar-refractivity contribution in [3.05, 3.63) is 48.4 Å². The van der Waals surface area contributed by atoms with E-state index in [4.69, 9.17) is 9.72 Å². The predicted molar refractivity (Wildman–Crippen MR) is 147 cm³/mol. The van der Waals surface area contributed by atoms with Gasteiger partial charge in [-0.3, -0.25) is 4.98 Å². The van der Waals surface area contributed by atoms with E-state index in [2.05, 4.69) is 14.9 Å². The number of sulfone groups is 1. The summed E-state index contributed by atoms with van der Waals surface area (Å²) in [5.74, 6) is 1.29. The second kappa shape index (κ2) is 9.29. The second-order valence-electron chi connectivity index (χ2n) is 11.1. The highest BCUT2D eigenvalue weighted by Gasteiger charge is 2.35. The Labute approximate surface area is 225 Å². The Balaban J connectivity index is 1.36. The van der Waals surface area contributed by atoms with Crippen LogP contribution in [0.4, 0.5) is 10.2 Å². The van der Waals surface area contributed by atoms with Gasteiger partial charge in [0.15, 0.2) is 15.7 Å². The Morgan fingerprint density at radius 2 is 1.72 bits per heavy atom. The Hall–Kier alpha value is -3.53. The molecule has 202 valence electrons. The Kier molecular flexibility index (Phi) is 5.84. The van der Waals surface area contributed by atoms with E-state index in [9.17, 15) is 13.5 Å². The van der Waals surface area contributed by atoms with Crippen LogP contribution in [0.3, 0.4) is 0 Å². The molecule has 7 rings (SSSR count). The number of ether oxygens (including phenoxy) is 1. The largest absolute Gasteiger partial charge is 0.508 e. The third-order valence-electron chi connectivity index (χ3n) is 8.43. The normalized spacial score (nSPS) is 22.9. The van der Waals surface area contributed by atoms with E-state index in [-0.39, 0.29) is 40.6 Å². The van der Waals surface area contributed by atoms with Gasteiger partial charge in [0, 0.05) is 24.8 Å². The Morgan fingerprint density at radius 1 is 0.974 bits per heavy atom. The van der Waals surface area contributed by atoms with Crippen LogP contribution < -0.4 is 9.64 Å². The van der Waals surface area contributed by atoms with Crippen LogP contribution in [0.5, 0.6) is 11.8 Å². The van der Waals surface area contributed by atoms with E-state index in [0.29, 0.717) is 41.4 Å². The highest BCUT2D eigenvalue weighted by molar-refractivity contribution is 7.91. The molecule has 2 bridgehead atoms. The molecule has 2 aromatic carbocycles. The summed E-state index contributed by atoms with van der Waals surface area (Å²) in [4.78, 5) is 16.0. The molecule has 4 heterocycles. The van der Waals surface area contributed by atoms with E-state index in [0.717, 1.165) is 23.9 Å². The van der Waals surface area contributed by atoms with Crippen LogP contribution in [0, 0.1) is 17.7 Å². The minimum Gasteiger partial charge on any atom is -0.508 e. The molecule has 0 radical (unpaired) electrons. The fourth-order valence-corrected chi connectivity index (χ4v) is 7.96. The SMILES string of the molecule is O=S1(=O)CCC(Oc2nc(N3CC4CCC(C4)C3)c3cnc(-c4cc(O)cc5ccccc45)c(F)c3n2)CC1. The van der Waals surface area contributed by atoms with E-state index in [1.807, 2.05) is 24.3 Å². The van der Waals surface area contributed by atoms with Crippen molar-refractivity contribution in [1.82, 2.24) is 15.0 Å². The maximum atomic E-state index is 16.4. The number of aromatic nitrogens is 3. The van der Waals surface area contributed by atoms with E-state index in [1.165, 1.54) is 25.3 Å². The molecule has 39 heavy (non-hydrogen) atoms. The molecule has 2 aromatic heterocycles. The number of aromatic hydroxyl groups is 1. The van der Waals surface area contributed by atoms with Gasteiger partial charge in [-0.1, -0.05) is 24.3 Å². The monoisotopic (exact) mass is 548 g/mol. The number of phenolic OH excluding ortho intramolecular Hbond substituents is 1. The summed E-state index contributed by atoms with van der Waals surface area (Å²) in [5.41, 5.74) is 0.669. The third kappa shape index (κ3) is 4.54. The average Bonchev–Trinajstić information content (AvgIpc) is 3.26. The summed E-state index contributed by atoms with van der Waals surface area (Å²) in [6.45, 7) is 1.68. The van der Waals surface area contributed by atoms with E-state index in [1.54, 1.807) is 12.3 Å². The maximum absolute atomic E-state index is 16.4. The van der Waals surface area contributed by atoms with Gasteiger partial charge in [0.25, 0.3) is 0 Å².